The van der Waals surface area contributed by atoms with Crippen molar-refractivity contribution in [3.05, 3.63) is 47.3 Å². The molecule has 0 aliphatic heterocycles. The van der Waals surface area contributed by atoms with Crippen LogP contribution < -0.4 is 22.1 Å². The number of nitrogens with one attached hydrogen (secondary N) is 2. The van der Waals surface area contributed by atoms with Crippen molar-refractivity contribution in [3.63, 3.8) is 0 Å². The Kier molecular flexibility index (Phi) is 5.43. The molecule has 2 aromatic rings. The molecule has 24 heavy (non-hydrogen) atoms. The molecule has 0 aliphatic rings. The van der Waals surface area contributed by atoms with Gasteiger partial charge in [-0.1, -0.05) is 12.1 Å². The lowest BCUT2D eigenvalue weighted by atomic mass is 10.1. The highest BCUT2D eigenvalue weighted by Crippen LogP contribution is 2.24. The van der Waals surface area contributed by atoms with Crippen molar-refractivity contribution < 1.29 is 14.0 Å². The van der Waals surface area contributed by atoms with Crippen molar-refractivity contribution in [1.82, 2.24) is 4.98 Å². The minimum atomic E-state index is -0.822. The highest BCUT2D eigenvalue weighted by atomic mass is 19.1. The van der Waals surface area contributed by atoms with Gasteiger partial charge in [0.1, 0.15) is 5.82 Å². The van der Waals surface area contributed by atoms with Crippen LogP contribution in [0.15, 0.2) is 30.3 Å². The second-order valence-electron chi connectivity index (χ2n) is 5.06. The highest BCUT2D eigenvalue weighted by molar-refractivity contribution is 5.99. The third kappa shape index (κ3) is 4.05. The number of pyridine rings is 1. The number of hydrogen-bond acceptors (Lipinski definition) is 6. The molecule has 0 bridgehead atoms. The van der Waals surface area contributed by atoms with E-state index in [4.69, 9.17) is 11.5 Å². The number of aromatic nitrogens is 1. The molecule has 1 heterocycles. The SMILES string of the molecule is CC(=O)c1cccc(Nc2nc(NCCN)c(F)cc2C(N)=O)c1. The van der Waals surface area contributed by atoms with E-state index in [1.54, 1.807) is 24.3 Å². The van der Waals surface area contributed by atoms with Crippen LogP contribution in [0.4, 0.5) is 21.7 Å². The minimum absolute atomic E-state index is 0.0457. The molecule has 1 aromatic carbocycles. The van der Waals surface area contributed by atoms with Crippen molar-refractivity contribution >= 4 is 29.0 Å². The van der Waals surface area contributed by atoms with Crippen LogP contribution in [0.5, 0.6) is 0 Å². The van der Waals surface area contributed by atoms with Crippen molar-refractivity contribution in [3.8, 4) is 0 Å². The van der Waals surface area contributed by atoms with Gasteiger partial charge in [0.2, 0.25) is 0 Å². The van der Waals surface area contributed by atoms with E-state index in [0.29, 0.717) is 24.3 Å². The quantitative estimate of drug-likeness (QED) is 0.572. The van der Waals surface area contributed by atoms with Gasteiger partial charge in [-0.25, -0.2) is 9.37 Å². The highest BCUT2D eigenvalue weighted by Gasteiger charge is 2.16. The fraction of sp³-hybridized carbons (Fsp3) is 0.188. The van der Waals surface area contributed by atoms with Crippen molar-refractivity contribution in [1.29, 1.82) is 0 Å². The van der Waals surface area contributed by atoms with E-state index < -0.39 is 11.7 Å². The average molecular weight is 331 g/mol. The molecule has 7 nitrogen and oxygen atoms in total. The van der Waals surface area contributed by atoms with E-state index in [2.05, 4.69) is 15.6 Å². The van der Waals surface area contributed by atoms with Crippen molar-refractivity contribution in [2.45, 2.75) is 6.92 Å². The van der Waals surface area contributed by atoms with Gasteiger partial charge in [0.25, 0.3) is 5.91 Å². The molecule has 2 rings (SSSR count). The molecule has 1 aromatic heterocycles. The summed E-state index contributed by atoms with van der Waals surface area (Å²) < 4.78 is 14.0. The smallest absolute Gasteiger partial charge is 0.252 e. The van der Waals surface area contributed by atoms with Crippen LogP contribution in [0.1, 0.15) is 27.6 Å². The number of Topliss-reactive ketones (excluding diaryl/α,β-unsaturated/α-hetero) is 1. The van der Waals surface area contributed by atoms with E-state index in [-0.39, 0.29) is 23.0 Å². The number of anilines is 3. The molecule has 0 radical (unpaired) electrons. The Balaban J connectivity index is 2.41. The molecular formula is C16H18FN5O2. The molecule has 0 fully saturated rings. The van der Waals surface area contributed by atoms with E-state index in [1.165, 1.54) is 6.92 Å². The summed E-state index contributed by atoms with van der Waals surface area (Å²) in [6, 6.07) is 7.64. The number of amides is 1. The summed E-state index contributed by atoms with van der Waals surface area (Å²) in [5, 5.41) is 5.62. The first-order chi connectivity index (χ1) is 11.4. The second kappa shape index (κ2) is 7.51. The third-order valence-electron chi connectivity index (χ3n) is 3.21. The molecule has 0 atom stereocenters. The van der Waals surface area contributed by atoms with Gasteiger partial charge in [0.05, 0.1) is 5.56 Å². The lowest BCUT2D eigenvalue weighted by molar-refractivity contribution is 0.0996. The van der Waals surface area contributed by atoms with Gasteiger partial charge < -0.3 is 22.1 Å². The lowest BCUT2D eigenvalue weighted by Crippen LogP contribution is -2.18. The van der Waals surface area contributed by atoms with Gasteiger partial charge in [-0.15, -0.1) is 0 Å². The zero-order valence-electron chi connectivity index (χ0n) is 13.1. The van der Waals surface area contributed by atoms with E-state index in [0.717, 1.165) is 6.07 Å². The lowest BCUT2D eigenvalue weighted by Gasteiger charge is -2.13. The number of carbonyl (C=O) groups is 2. The fourth-order valence-electron chi connectivity index (χ4n) is 2.04. The number of benzene rings is 1. The number of hydrogen-bond donors (Lipinski definition) is 4. The predicted molar refractivity (Wildman–Crippen MR) is 90.0 cm³/mol. The van der Waals surface area contributed by atoms with Gasteiger partial charge in [-0.2, -0.15) is 0 Å². The topological polar surface area (TPSA) is 123 Å². The van der Waals surface area contributed by atoms with Crippen molar-refractivity contribution in [2.24, 2.45) is 11.5 Å². The standard InChI is InChI=1S/C16H18FN5O2/c1-9(23)10-3-2-4-11(7-10)21-15-12(14(19)24)8-13(17)16(22-15)20-6-5-18/h2-4,7-8H,5-6,18H2,1H3,(H2,19,24)(H2,20,21,22). The zero-order valence-corrected chi connectivity index (χ0v) is 13.1. The summed E-state index contributed by atoms with van der Waals surface area (Å²) in [5.74, 6) is -1.59. The molecule has 0 saturated carbocycles. The molecule has 6 N–H and O–H groups in total. The summed E-state index contributed by atoms with van der Waals surface area (Å²) >= 11 is 0. The van der Waals surface area contributed by atoms with Gasteiger partial charge >= 0.3 is 0 Å². The van der Waals surface area contributed by atoms with Crippen LogP contribution in [-0.2, 0) is 0 Å². The first-order valence-corrected chi connectivity index (χ1v) is 7.24. The summed E-state index contributed by atoms with van der Waals surface area (Å²) in [6.45, 7) is 2.06. The summed E-state index contributed by atoms with van der Waals surface area (Å²) in [7, 11) is 0. The summed E-state index contributed by atoms with van der Waals surface area (Å²) in [5.41, 5.74) is 11.6. The number of halogens is 1. The molecule has 126 valence electrons. The number of nitrogens with two attached hydrogens (primary N) is 2. The van der Waals surface area contributed by atoms with Gasteiger partial charge in [-0.3, -0.25) is 9.59 Å². The molecule has 0 aliphatic carbocycles. The van der Waals surface area contributed by atoms with Crippen LogP contribution in [0.2, 0.25) is 0 Å². The number of nitrogens with zero attached hydrogens (tertiary/aromatic N) is 1. The Morgan fingerprint density at radius 1 is 1.25 bits per heavy atom. The Labute approximate surface area is 138 Å². The largest absolute Gasteiger partial charge is 0.366 e. The van der Waals surface area contributed by atoms with Crippen LogP contribution >= 0.6 is 0 Å². The number of rotatable bonds is 7. The molecule has 0 unspecified atom stereocenters. The second-order valence-corrected chi connectivity index (χ2v) is 5.06. The first kappa shape index (κ1) is 17.4. The van der Waals surface area contributed by atoms with Gasteiger partial charge in [0, 0.05) is 24.3 Å². The minimum Gasteiger partial charge on any atom is -0.366 e. The molecule has 8 heteroatoms. The maximum atomic E-state index is 14.0. The molecule has 0 spiro atoms. The van der Waals surface area contributed by atoms with Crippen molar-refractivity contribution in [2.75, 3.05) is 23.7 Å². The van der Waals surface area contributed by atoms with E-state index >= 15 is 0 Å². The Bertz CT molecular complexity index is 779. The fourth-order valence-corrected chi connectivity index (χ4v) is 2.04. The number of carbonyl (C=O) groups excluding carboxylic acids is 2. The summed E-state index contributed by atoms with van der Waals surface area (Å²) in [6.07, 6.45) is 0. The molecule has 0 saturated heterocycles. The van der Waals surface area contributed by atoms with Gasteiger partial charge in [0.15, 0.2) is 17.4 Å². The predicted octanol–water partition coefficient (Wildman–Crippen LogP) is 1.64. The monoisotopic (exact) mass is 331 g/mol. The van der Waals surface area contributed by atoms with Gasteiger partial charge in [-0.05, 0) is 25.1 Å². The molecule has 1 amide bonds. The maximum Gasteiger partial charge on any atom is 0.252 e. The Morgan fingerprint density at radius 3 is 2.62 bits per heavy atom. The Morgan fingerprint density at radius 2 is 2.00 bits per heavy atom. The number of ketones is 1. The summed E-state index contributed by atoms with van der Waals surface area (Å²) in [4.78, 5) is 27.1. The normalized spacial score (nSPS) is 10.3. The van der Waals surface area contributed by atoms with E-state index in [1.807, 2.05) is 0 Å². The van der Waals surface area contributed by atoms with E-state index in [9.17, 15) is 14.0 Å². The molecular weight excluding hydrogens is 313 g/mol. The zero-order chi connectivity index (χ0) is 17.7. The average Bonchev–Trinajstić information content (AvgIpc) is 2.54. The van der Waals surface area contributed by atoms with Crippen LogP contribution in [0.3, 0.4) is 0 Å². The third-order valence-corrected chi connectivity index (χ3v) is 3.21. The van der Waals surface area contributed by atoms with Crippen LogP contribution in [-0.4, -0.2) is 29.8 Å². The van der Waals surface area contributed by atoms with Crippen LogP contribution in [0.25, 0.3) is 0 Å². The maximum absolute atomic E-state index is 14.0. The Hall–Kier alpha value is -3.00. The van der Waals surface area contributed by atoms with Crippen LogP contribution in [0, 0.1) is 5.82 Å². The first-order valence-electron chi connectivity index (χ1n) is 7.24. The number of primary amides is 1.